The minimum Gasteiger partial charge on any atom is -0.481 e. The van der Waals surface area contributed by atoms with E-state index in [-0.39, 0.29) is 12.3 Å². The van der Waals surface area contributed by atoms with Gasteiger partial charge in [0.2, 0.25) is 0 Å². The van der Waals surface area contributed by atoms with Crippen LogP contribution in [0.5, 0.6) is 0 Å². The highest BCUT2D eigenvalue weighted by Gasteiger charge is 2.06. The van der Waals surface area contributed by atoms with Crippen molar-refractivity contribution in [1.29, 1.82) is 5.26 Å². The first-order valence-electron chi connectivity index (χ1n) is 6.21. The van der Waals surface area contributed by atoms with Crippen LogP contribution in [0.15, 0.2) is 48.5 Å². The fourth-order valence-corrected chi connectivity index (χ4v) is 1.78. The molecule has 0 spiro atoms. The predicted octanol–water partition coefficient (Wildman–Crippen LogP) is 2.44. The number of amides is 1. The Morgan fingerprint density at radius 1 is 1.05 bits per heavy atom. The molecule has 0 atom stereocenters. The van der Waals surface area contributed by atoms with E-state index in [9.17, 15) is 9.59 Å². The molecule has 2 aromatic rings. The first kappa shape index (κ1) is 14.3. The van der Waals surface area contributed by atoms with Crippen molar-refractivity contribution in [3.05, 3.63) is 65.2 Å². The van der Waals surface area contributed by atoms with Crippen LogP contribution >= 0.6 is 0 Å². The Morgan fingerprint density at radius 3 is 2.19 bits per heavy atom. The SMILES string of the molecule is N#Cc1ccc(C(=O)Nc2ccc(CC(=O)O)cc2)cc1. The average molecular weight is 280 g/mol. The zero-order valence-electron chi connectivity index (χ0n) is 11.0. The molecule has 5 heteroatoms. The molecule has 0 saturated heterocycles. The van der Waals surface area contributed by atoms with Gasteiger partial charge < -0.3 is 10.4 Å². The number of carboxylic acids is 1. The summed E-state index contributed by atoms with van der Waals surface area (Å²) in [5.41, 5.74) is 2.19. The number of anilines is 1. The van der Waals surface area contributed by atoms with Gasteiger partial charge in [-0.05, 0) is 42.0 Å². The van der Waals surface area contributed by atoms with Crippen molar-refractivity contribution in [2.24, 2.45) is 0 Å². The maximum atomic E-state index is 12.0. The standard InChI is InChI=1S/C16H12N2O3/c17-10-12-1-5-13(6-2-12)16(21)18-14-7-3-11(4-8-14)9-15(19)20/h1-8H,9H2,(H,18,21)(H,19,20). The molecule has 0 aromatic heterocycles. The van der Waals surface area contributed by atoms with Crippen LogP contribution in [0.2, 0.25) is 0 Å². The Labute approximate surface area is 121 Å². The molecule has 0 bridgehead atoms. The summed E-state index contributed by atoms with van der Waals surface area (Å²) >= 11 is 0. The van der Waals surface area contributed by atoms with Gasteiger partial charge in [-0.15, -0.1) is 0 Å². The molecular weight excluding hydrogens is 268 g/mol. The van der Waals surface area contributed by atoms with Crippen LogP contribution < -0.4 is 5.32 Å². The maximum absolute atomic E-state index is 12.0. The number of hydrogen-bond donors (Lipinski definition) is 2. The molecule has 2 rings (SSSR count). The lowest BCUT2D eigenvalue weighted by atomic mass is 10.1. The number of nitriles is 1. The van der Waals surface area contributed by atoms with Gasteiger partial charge in [-0.25, -0.2) is 0 Å². The molecular formula is C16H12N2O3. The van der Waals surface area contributed by atoms with E-state index in [0.29, 0.717) is 22.4 Å². The van der Waals surface area contributed by atoms with Gasteiger partial charge in [-0.3, -0.25) is 9.59 Å². The van der Waals surface area contributed by atoms with Crippen LogP contribution in [0.4, 0.5) is 5.69 Å². The fraction of sp³-hybridized carbons (Fsp3) is 0.0625. The van der Waals surface area contributed by atoms with Crippen molar-refractivity contribution in [2.45, 2.75) is 6.42 Å². The summed E-state index contributed by atoms with van der Waals surface area (Å²) in [4.78, 5) is 22.6. The molecule has 0 saturated carbocycles. The monoisotopic (exact) mass is 280 g/mol. The van der Waals surface area contributed by atoms with Crippen LogP contribution in [0.25, 0.3) is 0 Å². The lowest BCUT2D eigenvalue weighted by Gasteiger charge is -2.06. The number of rotatable bonds is 4. The minimum atomic E-state index is -0.899. The number of carbonyl (C=O) groups is 2. The van der Waals surface area contributed by atoms with Crippen LogP contribution in [0, 0.1) is 11.3 Å². The van der Waals surface area contributed by atoms with Crippen molar-refractivity contribution < 1.29 is 14.7 Å². The van der Waals surface area contributed by atoms with Gasteiger partial charge in [0.1, 0.15) is 0 Å². The lowest BCUT2D eigenvalue weighted by molar-refractivity contribution is -0.136. The first-order chi connectivity index (χ1) is 10.1. The Hall–Kier alpha value is -3.13. The second-order valence-corrected chi connectivity index (χ2v) is 4.41. The number of hydrogen-bond acceptors (Lipinski definition) is 3. The third-order valence-corrected chi connectivity index (χ3v) is 2.84. The summed E-state index contributed by atoms with van der Waals surface area (Å²) in [5, 5.41) is 20.1. The molecule has 0 heterocycles. The van der Waals surface area contributed by atoms with Gasteiger partial charge >= 0.3 is 5.97 Å². The molecule has 0 unspecified atom stereocenters. The summed E-state index contributed by atoms with van der Waals surface area (Å²) in [6.45, 7) is 0. The van der Waals surface area contributed by atoms with E-state index in [2.05, 4.69) is 5.32 Å². The second-order valence-electron chi connectivity index (χ2n) is 4.41. The number of carboxylic acid groups (broad SMARTS) is 1. The number of benzene rings is 2. The molecule has 0 aliphatic carbocycles. The van der Waals surface area contributed by atoms with Gasteiger partial charge in [0, 0.05) is 11.3 Å². The summed E-state index contributed by atoms with van der Waals surface area (Å²) < 4.78 is 0. The molecule has 104 valence electrons. The molecule has 21 heavy (non-hydrogen) atoms. The van der Waals surface area contributed by atoms with Crippen molar-refractivity contribution in [3.8, 4) is 6.07 Å². The average Bonchev–Trinajstić information content (AvgIpc) is 2.49. The molecule has 2 N–H and O–H groups in total. The topological polar surface area (TPSA) is 90.2 Å². The highest BCUT2D eigenvalue weighted by Crippen LogP contribution is 2.12. The zero-order chi connectivity index (χ0) is 15.2. The Morgan fingerprint density at radius 2 is 1.67 bits per heavy atom. The van der Waals surface area contributed by atoms with Gasteiger partial charge in [-0.2, -0.15) is 5.26 Å². The number of nitrogens with zero attached hydrogens (tertiary/aromatic N) is 1. The van der Waals surface area contributed by atoms with Gasteiger partial charge in [0.05, 0.1) is 18.1 Å². The van der Waals surface area contributed by atoms with Crippen molar-refractivity contribution in [3.63, 3.8) is 0 Å². The van der Waals surface area contributed by atoms with Gasteiger partial charge in [0.15, 0.2) is 0 Å². The molecule has 0 aliphatic rings. The summed E-state index contributed by atoms with van der Waals surface area (Å²) in [6, 6.07) is 14.9. The summed E-state index contributed by atoms with van der Waals surface area (Å²) in [7, 11) is 0. The van der Waals surface area contributed by atoms with E-state index in [1.165, 1.54) is 0 Å². The van der Waals surface area contributed by atoms with Crippen LogP contribution in [-0.2, 0) is 11.2 Å². The summed E-state index contributed by atoms with van der Waals surface area (Å²) in [6.07, 6.45) is -0.0517. The van der Waals surface area contributed by atoms with Crippen LogP contribution in [0.1, 0.15) is 21.5 Å². The highest BCUT2D eigenvalue weighted by molar-refractivity contribution is 6.04. The zero-order valence-corrected chi connectivity index (χ0v) is 11.0. The molecule has 0 fully saturated rings. The quantitative estimate of drug-likeness (QED) is 0.900. The minimum absolute atomic E-state index is 0.0517. The van der Waals surface area contributed by atoms with Crippen LogP contribution in [-0.4, -0.2) is 17.0 Å². The number of nitrogens with one attached hydrogen (secondary N) is 1. The molecule has 1 amide bonds. The van der Waals surface area contributed by atoms with Crippen molar-refractivity contribution in [1.82, 2.24) is 0 Å². The molecule has 0 radical (unpaired) electrons. The van der Waals surface area contributed by atoms with Crippen molar-refractivity contribution >= 4 is 17.6 Å². The highest BCUT2D eigenvalue weighted by atomic mass is 16.4. The summed E-state index contributed by atoms with van der Waals surface area (Å²) in [5.74, 6) is -1.19. The van der Waals surface area contributed by atoms with E-state index in [1.54, 1.807) is 48.5 Å². The Bertz CT molecular complexity index is 698. The third kappa shape index (κ3) is 3.91. The number of aliphatic carboxylic acids is 1. The van der Waals surface area contributed by atoms with Gasteiger partial charge in [0.25, 0.3) is 5.91 Å². The Balaban J connectivity index is 2.05. The predicted molar refractivity (Wildman–Crippen MR) is 76.9 cm³/mol. The third-order valence-electron chi connectivity index (χ3n) is 2.84. The Kier molecular flexibility index (Phi) is 4.32. The number of carbonyl (C=O) groups excluding carboxylic acids is 1. The van der Waals surface area contributed by atoms with E-state index in [4.69, 9.17) is 10.4 Å². The largest absolute Gasteiger partial charge is 0.481 e. The van der Waals surface area contributed by atoms with E-state index >= 15 is 0 Å². The van der Waals surface area contributed by atoms with Crippen molar-refractivity contribution in [2.75, 3.05) is 5.32 Å². The normalized spacial score (nSPS) is 9.67. The second kappa shape index (κ2) is 6.35. The fourth-order valence-electron chi connectivity index (χ4n) is 1.78. The first-order valence-corrected chi connectivity index (χ1v) is 6.21. The maximum Gasteiger partial charge on any atom is 0.307 e. The lowest BCUT2D eigenvalue weighted by Crippen LogP contribution is -2.11. The van der Waals surface area contributed by atoms with E-state index < -0.39 is 5.97 Å². The van der Waals surface area contributed by atoms with E-state index in [0.717, 1.165) is 0 Å². The van der Waals surface area contributed by atoms with Gasteiger partial charge in [-0.1, -0.05) is 12.1 Å². The molecule has 2 aromatic carbocycles. The smallest absolute Gasteiger partial charge is 0.307 e. The molecule has 5 nitrogen and oxygen atoms in total. The van der Waals surface area contributed by atoms with E-state index in [1.807, 2.05) is 6.07 Å². The van der Waals surface area contributed by atoms with Crippen LogP contribution in [0.3, 0.4) is 0 Å². The molecule has 0 aliphatic heterocycles.